The first kappa shape index (κ1) is 9.51. The molecule has 0 aromatic rings. The molecule has 2 saturated carbocycles. The van der Waals surface area contributed by atoms with Crippen LogP contribution < -0.4 is 0 Å². The summed E-state index contributed by atoms with van der Waals surface area (Å²) in [5.74, 6) is 1.47. The molecule has 2 rings (SSSR count). The molecule has 0 heterocycles. The van der Waals surface area contributed by atoms with Gasteiger partial charge >= 0.3 is 0 Å². The van der Waals surface area contributed by atoms with E-state index in [1.165, 1.54) is 12.8 Å². The highest BCUT2D eigenvalue weighted by atomic mass is 16.3. The van der Waals surface area contributed by atoms with Crippen molar-refractivity contribution in [2.75, 3.05) is 0 Å². The molecule has 0 aromatic carbocycles. The van der Waals surface area contributed by atoms with Gasteiger partial charge in [-0.05, 0) is 41.9 Å². The van der Waals surface area contributed by atoms with E-state index in [9.17, 15) is 5.11 Å². The van der Waals surface area contributed by atoms with Gasteiger partial charge in [-0.25, -0.2) is 0 Å². The van der Waals surface area contributed by atoms with Gasteiger partial charge in [0.2, 0.25) is 0 Å². The van der Waals surface area contributed by atoms with Crippen LogP contribution in [0.5, 0.6) is 0 Å². The zero-order valence-corrected chi connectivity index (χ0v) is 9.30. The van der Waals surface area contributed by atoms with Crippen LogP contribution in [0.25, 0.3) is 0 Å². The van der Waals surface area contributed by atoms with Crippen LogP contribution in [0.1, 0.15) is 47.0 Å². The van der Waals surface area contributed by atoms with E-state index in [2.05, 4.69) is 27.7 Å². The van der Waals surface area contributed by atoms with Gasteiger partial charge in [-0.2, -0.15) is 0 Å². The average molecular weight is 182 g/mol. The standard InChI is InChI=1S/C12H22O/c1-8(2)12(4)9-5-6-11(12,3)10(13)7-9/h8-10,13H,5-7H2,1-4H3. The molecule has 76 valence electrons. The third-order valence-electron chi connectivity index (χ3n) is 5.53. The Balaban J connectivity index is 2.41. The smallest absolute Gasteiger partial charge is 0.0602 e. The fraction of sp³-hybridized carbons (Fsp3) is 1.00. The fourth-order valence-corrected chi connectivity index (χ4v) is 4.06. The molecule has 0 aliphatic heterocycles. The third kappa shape index (κ3) is 0.869. The summed E-state index contributed by atoms with van der Waals surface area (Å²) >= 11 is 0. The van der Waals surface area contributed by atoms with E-state index in [1.54, 1.807) is 0 Å². The van der Waals surface area contributed by atoms with E-state index in [4.69, 9.17) is 0 Å². The van der Waals surface area contributed by atoms with Crippen molar-refractivity contribution in [1.82, 2.24) is 0 Å². The Morgan fingerprint density at radius 2 is 1.92 bits per heavy atom. The third-order valence-corrected chi connectivity index (χ3v) is 5.53. The van der Waals surface area contributed by atoms with Crippen LogP contribution in [0.3, 0.4) is 0 Å². The second-order valence-corrected chi connectivity index (χ2v) is 5.84. The van der Waals surface area contributed by atoms with Crippen molar-refractivity contribution in [3.8, 4) is 0 Å². The lowest BCUT2D eigenvalue weighted by Crippen LogP contribution is -2.40. The minimum Gasteiger partial charge on any atom is -0.393 e. The van der Waals surface area contributed by atoms with Crippen LogP contribution >= 0.6 is 0 Å². The van der Waals surface area contributed by atoms with Crippen LogP contribution in [-0.2, 0) is 0 Å². The Labute approximate surface area is 81.5 Å². The second-order valence-electron chi connectivity index (χ2n) is 5.84. The predicted molar refractivity (Wildman–Crippen MR) is 54.4 cm³/mol. The Morgan fingerprint density at radius 3 is 2.15 bits per heavy atom. The van der Waals surface area contributed by atoms with E-state index in [0.29, 0.717) is 11.3 Å². The minimum absolute atomic E-state index is 0.0429. The van der Waals surface area contributed by atoms with Crippen LogP contribution in [0.2, 0.25) is 0 Å². The monoisotopic (exact) mass is 182 g/mol. The van der Waals surface area contributed by atoms with E-state index in [-0.39, 0.29) is 11.5 Å². The van der Waals surface area contributed by atoms with Crippen molar-refractivity contribution in [2.24, 2.45) is 22.7 Å². The number of hydrogen-bond acceptors (Lipinski definition) is 1. The predicted octanol–water partition coefficient (Wildman–Crippen LogP) is 2.83. The minimum atomic E-state index is -0.0429. The zero-order chi connectivity index (χ0) is 9.85. The summed E-state index contributed by atoms with van der Waals surface area (Å²) in [7, 11) is 0. The highest BCUT2D eigenvalue weighted by Gasteiger charge is 2.64. The lowest BCUT2D eigenvalue weighted by Gasteiger charge is -2.43. The quantitative estimate of drug-likeness (QED) is 0.661. The molecule has 2 fully saturated rings. The lowest BCUT2D eigenvalue weighted by atomic mass is 9.62. The van der Waals surface area contributed by atoms with Crippen molar-refractivity contribution >= 4 is 0 Å². The molecule has 1 heteroatoms. The van der Waals surface area contributed by atoms with Crippen molar-refractivity contribution in [3.05, 3.63) is 0 Å². The molecule has 0 aromatic heterocycles. The molecule has 1 nitrogen and oxygen atoms in total. The zero-order valence-electron chi connectivity index (χ0n) is 9.30. The van der Waals surface area contributed by atoms with Crippen molar-refractivity contribution < 1.29 is 5.11 Å². The molecular weight excluding hydrogens is 160 g/mol. The van der Waals surface area contributed by atoms with Gasteiger partial charge in [-0.1, -0.05) is 27.7 Å². The number of fused-ring (bicyclic) bond motifs is 2. The van der Waals surface area contributed by atoms with Gasteiger partial charge in [-0.15, -0.1) is 0 Å². The fourth-order valence-electron chi connectivity index (χ4n) is 4.06. The largest absolute Gasteiger partial charge is 0.393 e. The second kappa shape index (κ2) is 2.50. The number of rotatable bonds is 1. The van der Waals surface area contributed by atoms with Crippen LogP contribution in [0.15, 0.2) is 0 Å². The first-order valence-electron chi connectivity index (χ1n) is 5.61. The first-order valence-corrected chi connectivity index (χ1v) is 5.61. The molecule has 2 bridgehead atoms. The van der Waals surface area contributed by atoms with E-state index < -0.39 is 0 Å². The van der Waals surface area contributed by atoms with Crippen LogP contribution in [0, 0.1) is 22.7 Å². The summed E-state index contributed by atoms with van der Waals surface area (Å²) in [6.07, 6.45) is 3.57. The molecule has 2 aliphatic rings. The summed E-state index contributed by atoms with van der Waals surface area (Å²) in [5.41, 5.74) is 0.582. The lowest BCUT2D eigenvalue weighted by molar-refractivity contribution is -0.0165. The summed E-state index contributed by atoms with van der Waals surface area (Å²) in [4.78, 5) is 0. The molecule has 0 spiro atoms. The Hall–Kier alpha value is -0.0400. The van der Waals surface area contributed by atoms with Crippen LogP contribution in [-0.4, -0.2) is 11.2 Å². The average Bonchev–Trinajstić information content (AvgIpc) is 2.40. The molecule has 4 atom stereocenters. The summed E-state index contributed by atoms with van der Waals surface area (Å²) in [5, 5.41) is 10.1. The van der Waals surface area contributed by atoms with Gasteiger partial charge in [0.1, 0.15) is 0 Å². The molecule has 13 heavy (non-hydrogen) atoms. The molecule has 1 N–H and O–H groups in total. The van der Waals surface area contributed by atoms with Gasteiger partial charge < -0.3 is 5.11 Å². The van der Waals surface area contributed by atoms with Crippen molar-refractivity contribution in [3.63, 3.8) is 0 Å². The summed E-state index contributed by atoms with van der Waals surface area (Å²) < 4.78 is 0. The molecule has 0 amide bonds. The van der Waals surface area contributed by atoms with Gasteiger partial charge in [-0.3, -0.25) is 0 Å². The van der Waals surface area contributed by atoms with E-state index in [0.717, 1.165) is 12.3 Å². The molecule has 2 aliphatic carbocycles. The highest BCUT2D eigenvalue weighted by molar-refractivity contribution is 5.13. The Kier molecular flexibility index (Phi) is 1.83. The van der Waals surface area contributed by atoms with E-state index >= 15 is 0 Å². The summed E-state index contributed by atoms with van der Waals surface area (Å²) in [6.45, 7) is 9.32. The Morgan fingerprint density at radius 1 is 1.31 bits per heavy atom. The normalized spacial score (nSPS) is 54.9. The number of aliphatic hydroxyl groups excluding tert-OH is 1. The number of hydrogen-bond donors (Lipinski definition) is 1. The van der Waals surface area contributed by atoms with Gasteiger partial charge in [0.15, 0.2) is 0 Å². The summed E-state index contributed by atoms with van der Waals surface area (Å²) in [6, 6.07) is 0. The molecule has 4 unspecified atom stereocenters. The maximum Gasteiger partial charge on any atom is 0.0602 e. The number of aliphatic hydroxyl groups is 1. The Bertz CT molecular complexity index is 223. The van der Waals surface area contributed by atoms with Crippen LogP contribution in [0.4, 0.5) is 0 Å². The maximum atomic E-state index is 10.1. The highest BCUT2D eigenvalue weighted by Crippen LogP contribution is 2.68. The molecular formula is C12H22O. The topological polar surface area (TPSA) is 20.2 Å². The van der Waals surface area contributed by atoms with Gasteiger partial charge in [0, 0.05) is 0 Å². The molecule has 0 radical (unpaired) electrons. The van der Waals surface area contributed by atoms with Crippen molar-refractivity contribution in [2.45, 2.75) is 53.1 Å². The van der Waals surface area contributed by atoms with Crippen molar-refractivity contribution in [1.29, 1.82) is 0 Å². The molecule has 0 saturated heterocycles. The maximum absolute atomic E-state index is 10.1. The van der Waals surface area contributed by atoms with E-state index in [1.807, 2.05) is 0 Å². The van der Waals surface area contributed by atoms with Gasteiger partial charge in [0.05, 0.1) is 6.10 Å². The SMILES string of the molecule is CC(C)C1(C)C2CCC1(C)C(O)C2. The van der Waals surface area contributed by atoms with Gasteiger partial charge in [0.25, 0.3) is 0 Å². The first-order chi connectivity index (χ1) is 5.93.